The Morgan fingerprint density at radius 2 is 2.18 bits per heavy atom. The Morgan fingerprint density at radius 3 is 2.76 bits per heavy atom. The maximum atomic E-state index is 12.9. The van der Waals surface area contributed by atoms with Crippen LogP contribution in [0.4, 0.5) is 14.5 Å². The van der Waals surface area contributed by atoms with Gasteiger partial charge in [0.15, 0.2) is 11.6 Å². The molecular weight excluding hydrogens is 228 g/mol. The Bertz CT molecular complexity index is 457. The average Bonchev–Trinajstić information content (AvgIpc) is 2.30. The number of carbonyl (C=O) groups is 1. The smallest absolute Gasteiger partial charge is 0.243 e. The number of nitriles is 1. The number of anilines is 1. The predicted molar refractivity (Wildman–Crippen MR) is 58.1 cm³/mol. The molecule has 90 valence electrons. The SMILES string of the molecule is CC(Nc1ccc(F)c(F)c1)C(=O)NCC#N. The molecular formula is C11H11F2N3O. The molecule has 0 heterocycles. The Morgan fingerprint density at radius 1 is 1.47 bits per heavy atom. The lowest BCUT2D eigenvalue weighted by Gasteiger charge is -2.14. The lowest BCUT2D eigenvalue weighted by Crippen LogP contribution is -2.37. The van der Waals surface area contributed by atoms with Gasteiger partial charge < -0.3 is 10.6 Å². The number of rotatable bonds is 4. The molecule has 1 unspecified atom stereocenters. The Labute approximate surface area is 97.2 Å². The highest BCUT2D eigenvalue weighted by Crippen LogP contribution is 2.13. The first-order valence-corrected chi connectivity index (χ1v) is 4.91. The Balaban J connectivity index is 2.62. The molecule has 0 fully saturated rings. The number of carbonyl (C=O) groups excluding carboxylic acids is 1. The van der Waals surface area contributed by atoms with Crippen LogP contribution in [0.1, 0.15) is 6.92 Å². The zero-order chi connectivity index (χ0) is 12.8. The van der Waals surface area contributed by atoms with E-state index >= 15 is 0 Å². The summed E-state index contributed by atoms with van der Waals surface area (Å²) in [4.78, 5) is 11.4. The predicted octanol–water partition coefficient (Wildman–Crippen LogP) is 1.40. The summed E-state index contributed by atoms with van der Waals surface area (Å²) in [6.07, 6.45) is 0. The summed E-state index contributed by atoms with van der Waals surface area (Å²) in [6.45, 7) is 1.45. The van der Waals surface area contributed by atoms with E-state index in [9.17, 15) is 13.6 Å². The monoisotopic (exact) mass is 239 g/mol. The fraction of sp³-hybridized carbons (Fsp3) is 0.273. The van der Waals surface area contributed by atoms with Crippen molar-refractivity contribution < 1.29 is 13.6 Å². The van der Waals surface area contributed by atoms with E-state index in [0.29, 0.717) is 5.69 Å². The van der Waals surface area contributed by atoms with E-state index in [1.54, 1.807) is 13.0 Å². The second-order valence-corrected chi connectivity index (χ2v) is 3.37. The molecule has 1 atom stereocenters. The summed E-state index contributed by atoms with van der Waals surface area (Å²) in [5, 5.41) is 13.3. The molecule has 1 aromatic carbocycles. The second-order valence-electron chi connectivity index (χ2n) is 3.37. The van der Waals surface area contributed by atoms with Crippen molar-refractivity contribution in [3.63, 3.8) is 0 Å². The number of halogens is 2. The van der Waals surface area contributed by atoms with Gasteiger partial charge in [-0.25, -0.2) is 8.78 Å². The molecule has 1 amide bonds. The van der Waals surface area contributed by atoms with Crippen molar-refractivity contribution in [3.8, 4) is 6.07 Å². The van der Waals surface area contributed by atoms with Crippen LogP contribution in [0.5, 0.6) is 0 Å². The zero-order valence-electron chi connectivity index (χ0n) is 9.13. The first kappa shape index (κ1) is 12.9. The van der Waals surface area contributed by atoms with Gasteiger partial charge in [-0.15, -0.1) is 0 Å². The molecule has 4 nitrogen and oxygen atoms in total. The van der Waals surface area contributed by atoms with Gasteiger partial charge in [-0.1, -0.05) is 0 Å². The van der Waals surface area contributed by atoms with Gasteiger partial charge in [0, 0.05) is 11.8 Å². The molecule has 1 aromatic rings. The van der Waals surface area contributed by atoms with Gasteiger partial charge in [-0.3, -0.25) is 4.79 Å². The molecule has 1 rings (SSSR count). The maximum absolute atomic E-state index is 12.9. The molecule has 0 aliphatic heterocycles. The lowest BCUT2D eigenvalue weighted by atomic mass is 10.2. The van der Waals surface area contributed by atoms with Crippen LogP contribution in [0.2, 0.25) is 0 Å². The van der Waals surface area contributed by atoms with Crippen LogP contribution in [-0.2, 0) is 4.79 Å². The highest BCUT2D eigenvalue weighted by Gasteiger charge is 2.12. The topological polar surface area (TPSA) is 64.9 Å². The molecule has 2 N–H and O–H groups in total. The summed E-state index contributed by atoms with van der Waals surface area (Å²) < 4.78 is 25.5. The second kappa shape index (κ2) is 5.80. The van der Waals surface area contributed by atoms with E-state index < -0.39 is 23.6 Å². The van der Waals surface area contributed by atoms with Crippen molar-refractivity contribution in [1.82, 2.24) is 5.32 Å². The molecule has 0 aliphatic carbocycles. The summed E-state index contributed by atoms with van der Waals surface area (Å²) in [6, 6.07) is 4.38. The maximum Gasteiger partial charge on any atom is 0.243 e. The van der Waals surface area contributed by atoms with E-state index in [-0.39, 0.29) is 6.54 Å². The van der Waals surface area contributed by atoms with Crippen LogP contribution in [-0.4, -0.2) is 18.5 Å². The van der Waals surface area contributed by atoms with E-state index in [2.05, 4.69) is 10.6 Å². The van der Waals surface area contributed by atoms with E-state index in [0.717, 1.165) is 12.1 Å². The van der Waals surface area contributed by atoms with Crippen LogP contribution >= 0.6 is 0 Å². The lowest BCUT2D eigenvalue weighted by molar-refractivity contribution is -0.121. The normalized spacial score (nSPS) is 11.4. The number of nitrogens with one attached hydrogen (secondary N) is 2. The minimum absolute atomic E-state index is 0.0946. The molecule has 0 radical (unpaired) electrons. The first-order chi connectivity index (χ1) is 8.04. The minimum Gasteiger partial charge on any atom is -0.374 e. The molecule has 0 aromatic heterocycles. The summed E-state index contributed by atoms with van der Waals surface area (Å²) in [5.74, 6) is -2.33. The molecule has 0 bridgehead atoms. The number of hydrogen-bond acceptors (Lipinski definition) is 3. The van der Waals surface area contributed by atoms with E-state index in [1.807, 2.05) is 0 Å². The average molecular weight is 239 g/mol. The highest BCUT2D eigenvalue weighted by atomic mass is 19.2. The van der Waals surface area contributed by atoms with Crippen LogP contribution in [0, 0.1) is 23.0 Å². The van der Waals surface area contributed by atoms with Crippen molar-refractivity contribution >= 4 is 11.6 Å². The number of nitrogens with zero attached hydrogens (tertiary/aromatic N) is 1. The van der Waals surface area contributed by atoms with E-state index in [4.69, 9.17) is 5.26 Å². The highest BCUT2D eigenvalue weighted by molar-refractivity contribution is 5.84. The molecule has 0 spiro atoms. The third kappa shape index (κ3) is 3.72. The summed E-state index contributed by atoms with van der Waals surface area (Å²) in [5.41, 5.74) is 0.295. The fourth-order valence-electron chi connectivity index (χ4n) is 1.18. The minimum atomic E-state index is -0.986. The molecule has 0 saturated heterocycles. The number of benzene rings is 1. The van der Waals surface area contributed by atoms with Gasteiger partial charge in [0.2, 0.25) is 5.91 Å². The van der Waals surface area contributed by atoms with Crippen LogP contribution < -0.4 is 10.6 Å². The quantitative estimate of drug-likeness (QED) is 0.781. The van der Waals surface area contributed by atoms with Crippen molar-refractivity contribution in [3.05, 3.63) is 29.8 Å². The third-order valence-electron chi connectivity index (χ3n) is 2.04. The zero-order valence-corrected chi connectivity index (χ0v) is 9.13. The molecule has 17 heavy (non-hydrogen) atoms. The summed E-state index contributed by atoms with van der Waals surface area (Å²) in [7, 11) is 0. The van der Waals surface area contributed by atoms with Crippen LogP contribution in [0.25, 0.3) is 0 Å². The Kier molecular flexibility index (Phi) is 4.40. The first-order valence-electron chi connectivity index (χ1n) is 4.91. The van der Waals surface area contributed by atoms with Crippen molar-refractivity contribution in [1.29, 1.82) is 5.26 Å². The van der Waals surface area contributed by atoms with Gasteiger partial charge in [0.1, 0.15) is 12.6 Å². The standard InChI is InChI=1S/C11H11F2N3O/c1-7(11(17)15-5-4-14)16-8-2-3-9(12)10(13)6-8/h2-3,6-7,16H,5H2,1H3,(H,15,17). The number of hydrogen-bond donors (Lipinski definition) is 2. The van der Waals surface area contributed by atoms with Crippen molar-refractivity contribution in [2.45, 2.75) is 13.0 Å². The van der Waals surface area contributed by atoms with Gasteiger partial charge in [0.25, 0.3) is 0 Å². The van der Waals surface area contributed by atoms with Gasteiger partial charge in [-0.05, 0) is 19.1 Å². The molecule has 0 aliphatic rings. The largest absolute Gasteiger partial charge is 0.374 e. The van der Waals surface area contributed by atoms with Crippen LogP contribution in [0.15, 0.2) is 18.2 Å². The van der Waals surface area contributed by atoms with Crippen molar-refractivity contribution in [2.24, 2.45) is 0 Å². The fourth-order valence-corrected chi connectivity index (χ4v) is 1.18. The molecule has 6 heteroatoms. The number of amides is 1. The molecule has 0 saturated carbocycles. The third-order valence-corrected chi connectivity index (χ3v) is 2.04. The van der Waals surface area contributed by atoms with E-state index in [1.165, 1.54) is 6.07 Å². The Hall–Kier alpha value is -2.16. The van der Waals surface area contributed by atoms with Crippen LogP contribution in [0.3, 0.4) is 0 Å². The van der Waals surface area contributed by atoms with Gasteiger partial charge >= 0.3 is 0 Å². The van der Waals surface area contributed by atoms with Gasteiger partial charge in [-0.2, -0.15) is 5.26 Å². The summed E-state index contributed by atoms with van der Waals surface area (Å²) >= 11 is 0. The van der Waals surface area contributed by atoms with Gasteiger partial charge in [0.05, 0.1) is 6.07 Å². The van der Waals surface area contributed by atoms with Crippen molar-refractivity contribution in [2.75, 3.05) is 11.9 Å².